The summed E-state index contributed by atoms with van der Waals surface area (Å²) in [6.07, 6.45) is 1.95. The van der Waals surface area contributed by atoms with Crippen molar-refractivity contribution in [3.63, 3.8) is 0 Å². The molecule has 3 saturated heterocycles. The number of likely N-dealkylation sites (tertiary alicyclic amines) is 1. The van der Waals surface area contributed by atoms with Gasteiger partial charge in [-0.15, -0.1) is 12.4 Å². The normalized spacial score (nSPS) is 36.4. The van der Waals surface area contributed by atoms with Crippen LogP contribution < -0.4 is 10.6 Å². The summed E-state index contributed by atoms with van der Waals surface area (Å²) in [5.41, 5.74) is 0.284. The zero-order valence-electron chi connectivity index (χ0n) is 8.79. The van der Waals surface area contributed by atoms with Crippen molar-refractivity contribution < 1.29 is 4.79 Å². The Balaban J connectivity index is 0.000000853. The summed E-state index contributed by atoms with van der Waals surface area (Å²) in [4.78, 5) is 13.8. The summed E-state index contributed by atoms with van der Waals surface area (Å²) in [6, 6.07) is 0.741. The molecule has 0 aromatic carbocycles. The Morgan fingerprint density at radius 3 is 2.73 bits per heavy atom. The smallest absolute Gasteiger partial charge is 0.220 e. The highest BCUT2D eigenvalue weighted by Gasteiger charge is 2.45. The molecular formula is C10H18ClN3O. The van der Waals surface area contributed by atoms with Crippen LogP contribution in [-0.4, -0.2) is 49.6 Å². The predicted octanol–water partition coefficient (Wildman–Crippen LogP) is -0.408. The van der Waals surface area contributed by atoms with E-state index in [0.29, 0.717) is 0 Å². The second-order valence-corrected chi connectivity index (χ2v) is 4.99. The van der Waals surface area contributed by atoms with Gasteiger partial charge in [-0.25, -0.2) is 0 Å². The van der Waals surface area contributed by atoms with Crippen LogP contribution in [0, 0.1) is 5.41 Å². The van der Waals surface area contributed by atoms with Crippen molar-refractivity contribution >= 4 is 18.3 Å². The molecular weight excluding hydrogens is 214 g/mol. The Hall–Kier alpha value is -0.320. The van der Waals surface area contributed by atoms with Crippen molar-refractivity contribution in [2.75, 3.05) is 32.7 Å². The van der Waals surface area contributed by atoms with Crippen LogP contribution in [0.2, 0.25) is 0 Å². The van der Waals surface area contributed by atoms with Gasteiger partial charge < -0.3 is 10.6 Å². The van der Waals surface area contributed by atoms with Crippen LogP contribution in [0.5, 0.6) is 0 Å². The molecule has 2 N–H and O–H groups in total. The standard InChI is InChI=1S/C10H17N3O.ClH/c14-9-3-10(6-12-9)1-2-13(7-10)8-4-11-5-8;/h8,11H,1-7H2,(H,12,14);1H. The van der Waals surface area contributed by atoms with Gasteiger partial charge in [-0.2, -0.15) is 0 Å². The van der Waals surface area contributed by atoms with Gasteiger partial charge in [-0.3, -0.25) is 9.69 Å². The molecule has 3 rings (SSSR count). The molecule has 0 aromatic rings. The maximum absolute atomic E-state index is 11.2. The van der Waals surface area contributed by atoms with Crippen LogP contribution in [0.4, 0.5) is 0 Å². The number of halogens is 1. The third kappa shape index (κ3) is 1.86. The number of carbonyl (C=O) groups is 1. The summed E-state index contributed by atoms with van der Waals surface area (Å²) in [5.74, 6) is 0.249. The van der Waals surface area contributed by atoms with E-state index in [9.17, 15) is 4.79 Å². The first kappa shape index (κ1) is 11.2. The van der Waals surface area contributed by atoms with Crippen LogP contribution in [0.25, 0.3) is 0 Å². The van der Waals surface area contributed by atoms with E-state index in [4.69, 9.17) is 0 Å². The molecule has 3 fully saturated rings. The maximum Gasteiger partial charge on any atom is 0.220 e. The molecule has 1 amide bonds. The van der Waals surface area contributed by atoms with E-state index in [1.807, 2.05) is 0 Å². The first-order valence-corrected chi connectivity index (χ1v) is 5.49. The number of carbonyl (C=O) groups excluding carboxylic acids is 1. The highest BCUT2D eigenvalue weighted by atomic mass is 35.5. The highest BCUT2D eigenvalue weighted by Crippen LogP contribution is 2.37. The molecule has 0 radical (unpaired) electrons. The lowest BCUT2D eigenvalue weighted by atomic mass is 9.86. The number of amides is 1. The minimum atomic E-state index is 0. The second kappa shape index (κ2) is 3.92. The summed E-state index contributed by atoms with van der Waals surface area (Å²) in [7, 11) is 0. The first-order valence-electron chi connectivity index (χ1n) is 5.49. The first-order chi connectivity index (χ1) is 6.77. The number of nitrogens with one attached hydrogen (secondary N) is 2. The van der Waals surface area contributed by atoms with Gasteiger partial charge in [0.25, 0.3) is 0 Å². The van der Waals surface area contributed by atoms with Crippen LogP contribution >= 0.6 is 12.4 Å². The molecule has 5 heteroatoms. The van der Waals surface area contributed by atoms with Crippen molar-refractivity contribution in [3.8, 4) is 0 Å². The lowest BCUT2D eigenvalue weighted by molar-refractivity contribution is -0.119. The van der Waals surface area contributed by atoms with Crippen molar-refractivity contribution in [2.45, 2.75) is 18.9 Å². The van der Waals surface area contributed by atoms with Gasteiger partial charge in [0.2, 0.25) is 5.91 Å². The minimum Gasteiger partial charge on any atom is -0.355 e. The summed E-state index contributed by atoms with van der Waals surface area (Å²) < 4.78 is 0. The zero-order chi connectivity index (χ0) is 9.60. The molecule has 3 aliphatic rings. The van der Waals surface area contributed by atoms with E-state index >= 15 is 0 Å². The van der Waals surface area contributed by atoms with Crippen LogP contribution in [0.1, 0.15) is 12.8 Å². The number of hydrogen-bond acceptors (Lipinski definition) is 3. The Morgan fingerprint density at radius 2 is 2.20 bits per heavy atom. The quantitative estimate of drug-likeness (QED) is 0.645. The third-order valence-electron chi connectivity index (χ3n) is 3.94. The largest absolute Gasteiger partial charge is 0.355 e. The number of rotatable bonds is 1. The van der Waals surface area contributed by atoms with E-state index in [1.54, 1.807) is 0 Å². The Bertz CT molecular complexity index is 269. The van der Waals surface area contributed by atoms with E-state index < -0.39 is 0 Å². The fraction of sp³-hybridized carbons (Fsp3) is 0.900. The van der Waals surface area contributed by atoms with Crippen molar-refractivity contribution in [3.05, 3.63) is 0 Å². The molecule has 86 valence electrons. The maximum atomic E-state index is 11.2. The second-order valence-electron chi connectivity index (χ2n) is 4.99. The van der Waals surface area contributed by atoms with Gasteiger partial charge in [0.15, 0.2) is 0 Å². The fourth-order valence-electron chi connectivity index (χ4n) is 2.85. The Labute approximate surface area is 96.2 Å². The Morgan fingerprint density at radius 1 is 1.40 bits per heavy atom. The molecule has 0 aromatic heterocycles. The summed E-state index contributed by atoms with van der Waals surface area (Å²) in [6.45, 7) is 5.48. The molecule has 1 unspecified atom stereocenters. The monoisotopic (exact) mass is 231 g/mol. The topological polar surface area (TPSA) is 44.4 Å². The SMILES string of the molecule is Cl.O=C1CC2(CCN(C3CNC3)C2)CN1. The highest BCUT2D eigenvalue weighted by molar-refractivity contribution is 5.85. The number of hydrogen-bond donors (Lipinski definition) is 2. The molecule has 3 heterocycles. The molecule has 1 spiro atoms. The zero-order valence-corrected chi connectivity index (χ0v) is 9.61. The minimum absolute atomic E-state index is 0. The van der Waals surface area contributed by atoms with Gasteiger partial charge in [-0.05, 0) is 13.0 Å². The van der Waals surface area contributed by atoms with Gasteiger partial charge >= 0.3 is 0 Å². The van der Waals surface area contributed by atoms with Gasteiger partial charge in [0.05, 0.1) is 0 Å². The average Bonchev–Trinajstić information content (AvgIpc) is 2.58. The molecule has 4 nitrogen and oxygen atoms in total. The predicted molar refractivity (Wildman–Crippen MR) is 60.2 cm³/mol. The molecule has 0 bridgehead atoms. The van der Waals surface area contributed by atoms with E-state index in [-0.39, 0.29) is 23.7 Å². The molecule has 15 heavy (non-hydrogen) atoms. The lowest BCUT2D eigenvalue weighted by Crippen LogP contribution is -2.56. The van der Waals surface area contributed by atoms with E-state index in [0.717, 1.165) is 38.6 Å². The molecule has 0 saturated carbocycles. The van der Waals surface area contributed by atoms with E-state index in [1.165, 1.54) is 13.0 Å². The number of nitrogens with zero attached hydrogens (tertiary/aromatic N) is 1. The van der Waals surface area contributed by atoms with Crippen LogP contribution in [0.3, 0.4) is 0 Å². The average molecular weight is 232 g/mol. The van der Waals surface area contributed by atoms with Crippen LogP contribution in [0.15, 0.2) is 0 Å². The van der Waals surface area contributed by atoms with Crippen LogP contribution in [-0.2, 0) is 4.79 Å². The summed E-state index contributed by atoms with van der Waals surface area (Å²) in [5, 5.41) is 6.27. The van der Waals surface area contributed by atoms with Crippen molar-refractivity contribution in [1.29, 1.82) is 0 Å². The van der Waals surface area contributed by atoms with Crippen molar-refractivity contribution in [2.24, 2.45) is 5.41 Å². The fourth-order valence-corrected chi connectivity index (χ4v) is 2.85. The van der Waals surface area contributed by atoms with Crippen molar-refractivity contribution in [1.82, 2.24) is 15.5 Å². The van der Waals surface area contributed by atoms with Gasteiger partial charge in [0, 0.05) is 44.1 Å². The third-order valence-corrected chi connectivity index (χ3v) is 3.94. The molecule has 1 atom stereocenters. The lowest BCUT2D eigenvalue weighted by Gasteiger charge is -2.36. The van der Waals surface area contributed by atoms with Gasteiger partial charge in [0.1, 0.15) is 0 Å². The summed E-state index contributed by atoms with van der Waals surface area (Å²) >= 11 is 0. The molecule has 3 aliphatic heterocycles. The molecule has 0 aliphatic carbocycles. The van der Waals surface area contributed by atoms with Gasteiger partial charge in [-0.1, -0.05) is 0 Å². The Kier molecular flexibility index (Phi) is 2.92. The van der Waals surface area contributed by atoms with E-state index in [2.05, 4.69) is 15.5 Å².